The van der Waals surface area contributed by atoms with Gasteiger partial charge in [0.15, 0.2) is 0 Å². The van der Waals surface area contributed by atoms with Gasteiger partial charge in [-0.3, -0.25) is 4.79 Å². The van der Waals surface area contributed by atoms with E-state index in [0.29, 0.717) is 41.0 Å². The largest absolute Gasteiger partial charge is 0.383 e. The Morgan fingerprint density at radius 3 is 2.47 bits per heavy atom. The Morgan fingerprint density at radius 1 is 1.03 bits per heavy atom. The summed E-state index contributed by atoms with van der Waals surface area (Å²) in [7, 11) is 1.58. The van der Waals surface area contributed by atoms with Gasteiger partial charge in [-0.15, -0.1) is 11.3 Å². The van der Waals surface area contributed by atoms with Crippen LogP contribution in [0.2, 0.25) is 5.02 Å². The second kappa shape index (κ2) is 13.7. The van der Waals surface area contributed by atoms with E-state index in [0.717, 1.165) is 11.1 Å². The van der Waals surface area contributed by atoms with Crippen LogP contribution in [0, 0.1) is 0 Å². The topological polar surface area (TPSA) is 83.6 Å². The zero-order valence-corrected chi connectivity index (χ0v) is 22.5. The van der Waals surface area contributed by atoms with Crippen LogP contribution >= 0.6 is 22.9 Å². The van der Waals surface area contributed by atoms with Gasteiger partial charge in [0.1, 0.15) is 10.7 Å². The number of anilines is 1. The fourth-order valence-electron chi connectivity index (χ4n) is 3.89. The predicted octanol–water partition coefficient (Wildman–Crippen LogP) is 6.19. The lowest BCUT2D eigenvalue weighted by Gasteiger charge is -2.22. The number of urea groups is 1. The van der Waals surface area contributed by atoms with Crippen LogP contribution in [0.5, 0.6) is 0 Å². The number of carbonyl (C=O) groups is 2. The van der Waals surface area contributed by atoms with Crippen LogP contribution in [0.25, 0.3) is 0 Å². The van der Waals surface area contributed by atoms with Gasteiger partial charge < -0.3 is 20.3 Å². The van der Waals surface area contributed by atoms with Crippen molar-refractivity contribution in [3.05, 3.63) is 117 Å². The Kier molecular flexibility index (Phi) is 9.86. The van der Waals surface area contributed by atoms with E-state index in [4.69, 9.17) is 16.3 Å². The molecule has 1 atom stereocenters. The standard InChI is InChI=1S/C29H29ClN4O3S/c1-37-16-15-34(29(36)31-24-14-8-13-23(30)18-24)19-27-32-26(20-38-27)28(35)33-25(22-11-6-3-7-12-22)17-21-9-4-2-5-10-21/h2-14,18,20,25H,15-17,19H2,1H3,(H,31,36)(H,33,35). The number of thiazole rings is 1. The Labute approximate surface area is 231 Å². The molecule has 0 aliphatic heterocycles. The van der Waals surface area contributed by atoms with Gasteiger partial charge in [0.25, 0.3) is 5.91 Å². The number of nitrogens with one attached hydrogen (secondary N) is 2. The number of ether oxygens (including phenoxy) is 1. The van der Waals surface area contributed by atoms with Crippen LogP contribution in [0.15, 0.2) is 90.3 Å². The molecule has 0 radical (unpaired) electrons. The molecule has 0 spiro atoms. The van der Waals surface area contributed by atoms with E-state index < -0.39 is 0 Å². The third-order valence-corrected chi connectivity index (χ3v) is 6.90. The molecule has 9 heteroatoms. The van der Waals surface area contributed by atoms with Gasteiger partial charge in [-0.05, 0) is 35.7 Å². The van der Waals surface area contributed by atoms with Crippen molar-refractivity contribution in [2.45, 2.75) is 19.0 Å². The summed E-state index contributed by atoms with van der Waals surface area (Å²) in [6, 6.07) is 26.4. The second-order valence-electron chi connectivity index (χ2n) is 8.61. The molecule has 1 aromatic heterocycles. The van der Waals surface area contributed by atoms with E-state index in [2.05, 4.69) is 15.6 Å². The summed E-state index contributed by atoms with van der Waals surface area (Å²) in [5, 5.41) is 8.89. The minimum Gasteiger partial charge on any atom is -0.383 e. The number of amides is 3. The van der Waals surface area contributed by atoms with Crippen molar-refractivity contribution in [2.75, 3.05) is 25.6 Å². The Bertz CT molecular complexity index is 1330. The van der Waals surface area contributed by atoms with Crippen molar-refractivity contribution >= 4 is 40.6 Å². The molecule has 4 aromatic rings. The molecule has 0 saturated heterocycles. The van der Waals surface area contributed by atoms with Gasteiger partial charge in [-0.25, -0.2) is 9.78 Å². The Balaban J connectivity index is 1.44. The average molecular weight is 549 g/mol. The van der Waals surface area contributed by atoms with Crippen LogP contribution in [0.3, 0.4) is 0 Å². The maximum atomic E-state index is 13.2. The number of rotatable bonds is 11. The second-order valence-corrected chi connectivity index (χ2v) is 9.99. The number of nitrogens with zero attached hydrogens (tertiary/aromatic N) is 2. The fraction of sp³-hybridized carbons (Fsp3) is 0.207. The van der Waals surface area contributed by atoms with Crippen LogP contribution in [-0.2, 0) is 17.7 Å². The number of halogens is 1. The molecular formula is C29H29ClN4O3S. The van der Waals surface area contributed by atoms with Gasteiger partial charge in [0.2, 0.25) is 0 Å². The first kappa shape index (κ1) is 27.3. The highest BCUT2D eigenvalue weighted by Gasteiger charge is 2.21. The van der Waals surface area contributed by atoms with Crippen LogP contribution in [0.1, 0.15) is 32.7 Å². The summed E-state index contributed by atoms with van der Waals surface area (Å²) in [6.07, 6.45) is 0.655. The SMILES string of the molecule is COCCN(Cc1nc(C(=O)NC(Cc2ccccc2)c2ccccc2)cs1)C(=O)Nc1cccc(Cl)c1. The van der Waals surface area contributed by atoms with E-state index >= 15 is 0 Å². The highest BCUT2D eigenvalue weighted by atomic mass is 35.5. The lowest BCUT2D eigenvalue weighted by molar-refractivity contribution is 0.0932. The van der Waals surface area contributed by atoms with E-state index in [1.165, 1.54) is 11.3 Å². The Morgan fingerprint density at radius 2 is 1.76 bits per heavy atom. The molecule has 7 nitrogen and oxygen atoms in total. The zero-order chi connectivity index (χ0) is 26.7. The average Bonchev–Trinajstić information content (AvgIpc) is 3.40. The van der Waals surface area contributed by atoms with Gasteiger partial charge in [-0.1, -0.05) is 78.3 Å². The normalized spacial score (nSPS) is 11.5. The lowest BCUT2D eigenvalue weighted by Crippen LogP contribution is -2.37. The number of methoxy groups -OCH3 is 1. The molecule has 196 valence electrons. The molecule has 1 unspecified atom stereocenters. The maximum Gasteiger partial charge on any atom is 0.322 e. The fourth-order valence-corrected chi connectivity index (χ4v) is 4.87. The third-order valence-electron chi connectivity index (χ3n) is 5.83. The van der Waals surface area contributed by atoms with E-state index in [-0.39, 0.29) is 24.5 Å². The number of hydrogen-bond acceptors (Lipinski definition) is 5. The maximum absolute atomic E-state index is 13.2. The first-order chi connectivity index (χ1) is 18.5. The van der Waals surface area contributed by atoms with Crippen molar-refractivity contribution in [2.24, 2.45) is 0 Å². The molecule has 0 aliphatic rings. The van der Waals surface area contributed by atoms with Gasteiger partial charge in [-0.2, -0.15) is 0 Å². The zero-order valence-electron chi connectivity index (χ0n) is 21.0. The van der Waals surface area contributed by atoms with Crippen molar-refractivity contribution < 1.29 is 14.3 Å². The summed E-state index contributed by atoms with van der Waals surface area (Å²) in [6.45, 7) is 0.955. The molecule has 2 N–H and O–H groups in total. The van der Waals surface area contributed by atoms with Crippen molar-refractivity contribution in [1.29, 1.82) is 0 Å². The summed E-state index contributed by atoms with van der Waals surface area (Å²) in [5.41, 5.74) is 3.05. The summed E-state index contributed by atoms with van der Waals surface area (Å²) in [4.78, 5) is 32.3. The molecule has 3 amide bonds. The first-order valence-corrected chi connectivity index (χ1v) is 13.4. The first-order valence-electron chi connectivity index (χ1n) is 12.2. The minimum absolute atomic E-state index is 0.210. The smallest absolute Gasteiger partial charge is 0.322 e. The summed E-state index contributed by atoms with van der Waals surface area (Å²) >= 11 is 7.38. The van der Waals surface area contributed by atoms with Crippen molar-refractivity contribution in [3.8, 4) is 0 Å². The summed E-state index contributed by atoms with van der Waals surface area (Å²) < 4.78 is 5.18. The number of benzene rings is 3. The quantitative estimate of drug-likeness (QED) is 0.234. The number of hydrogen-bond donors (Lipinski definition) is 2. The van der Waals surface area contributed by atoms with Gasteiger partial charge >= 0.3 is 6.03 Å². The van der Waals surface area contributed by atoms with E-state index in [9.17, 15) is 9.59 Å². The molecule has 1 heterocycles. The molecular weight excluding hydrogens is 520 g/mol. The molecule has 0 saturated carbocycles. The third kappa shape index (κ3) is 7.89. The van der Waals surface area contributed by atoms with Gasteiger partial charge in [0, 0.05) is 29.7 Å². The van der Waals surface area contributed by atoms with Crippen LogP contribution < -0.4 is 10.6 Å². The molecule has 38 heavy (non-hydrogen) atoms. The highest BCUT2D eigenvalue weighted by molar-refractivity contribution is 7.09. The summed E-state index contributed by atoms with van der Waals surface area (Å²) in [5.74, 6) is -0.260. The van der Waals surface area contributed by atoms with Crippen molar-refractivity contribution in [1.82, 2.24) is 15.2 Å². The monoisotopic (exact) mass is 548 g/mol. The lowest BCUT2D eigenvalue weighted by atomic mass is 9.99. The molecule has 0 aliphatic carbocycles. The minimum atomic E-state index is -0.308. The molecule has 3 aromatic carbocycles. The van der Waals surface area contributed by atoms with E-state index in [1.807, 2.05) is 60.7 Å². The van der Waals surface area contributed by atoms with Gasteiger partial charge in [0.05, 0.1) is 19.2 Å². The van der Waals surface area contributed by atoms with E-state index in [1.54, 1.807) is 41.7 Å². The molecule has 4 rings (SSSR count). The van der Waals surface area contributed by atoms with Crippen LogP contribution in [0.4, 0.5) is 10.5 Å². The highest BCUT2D eigenvalue weighted by Crippen LogP contribution is 2.21. The predicted molar refractivity (Wildman–Crippen MR) is 152 cm³/mol. The molecule has 0 fully saturated rings. The number of carbonyl (C=O) groups excluding carboxylic acids is 2. The van der Waals surface area contributed by atoms with Crippen LogP contribution in [-0.4, -0.2) is 42.1 Å². The van der Waals surface area contributed by atoms with Crippen molar-refractivity contribution in [3.63, 3.8) is 0 Å². The Hall–Kier alpha value is -3.72. The molecule has 0 bridgehead atoms. The number of aromatic nitrogens is 1.